The maximum absolute atomic E-state index is 14.2. The number of amides is 1. The summed E-state index contributed by atoms with van der Waals surface area (Å²) in [6.07, 6.45) is -1.90. The highest BCUT2D eigenvalue weighted by Crippen LogP contribution is 2.36. The predicted molar refractivity (Wildman–Crippen MR) is 151 cm³/mol. The van der Waals surface area contributed by atoms with Crippen molar-refractivity contribution in [2.24, 2.45) is 0 Å². The minimum Gasteiger partial charge on any atom is -0.340 e. The quantitative estimate of drug-likeness (QED) is 0.178. The molecule has 0 spiro atoms. The van der Waals surface area contributed by atoms with E-state index in [1.807, 2.05) is 47.2 Å². The van der Waals surface area contributed by atoms with Crippen LogP contribution in [-0.4, -0.2) is 41.9 Å². The molecule has 0 radical (unpaired) electrons. The van der Waals surface area contributed by atoms with E-state index in [1.165, 1.54) is 11.6 Å². The molecule has 1 aliphatic heterocycles. The zero-order valence-electron chi connectivity index (χ0n) is 21.8. The average molecular weight is 616 g/mol. The van der Waals surface area contributed by atoms with Gasteiger partial charge < -0.3 is 4.90 Å². The first kappa shape index (κ1) is 30.6. The van der Waals surface area contributed by atoms with Gasteiger partial charge in [0.2, 0.25) is 5.91 Å². The average Bonchev–Trinajstić information content (AvgIpc) is 3.34. The molecule has 0 saturated carbocycles. The molecule has 0 N–H and O–H groups in total. The van der Waals surface area contributed by atoms with E-state index in [4.69, 9.17) is 34.8 Å². The number of aryl methyl sites for hydroxylation is 1. The molecule has 1 amide bonds. The molecule has 1 fully saturated rings. The van der Waals surface area contributed by atoms with Crippen molar-refractivity contribution in [2.75, 3.05) is 20.1 Å². The van der Waals surface area contributed by atoms with Crippen molar-refractivity contribution in [3.8, 4) is 0 Å². The largest absolute Gasteiger partial charge is 0.419 e. The topological polar surface area (TPSA) is 23.6 Å². The van der Waals surface area contributed by atoms with Crippen molar-refractivity contribution in [2.45, 2.75) is 50.4 Å². The van der Waals surface area contributed by atoms with Crippen LogP contribution >= 0.6 is 34.8 Å². The Morgan fingerprint density at radius 2 is 1.62 bits per heavy atom. The van der Waals surface area contributed by atoms with Gasteiger partial charge in [0.15, 0.2) is 0 Å². The predicted octanol–water partition coefficient (Wildman–Crippen LogP) is 8.64. The second-order valence-electron chi connectivity index (χ2n) is 10.2. The Bertz CT molecular complexity index is 1330. The van der Waals surface area contributed by atoms with E-state index in [2.05, 4.69) is 0 Å². The molecule has 3 aromatic rings. The molecule has 0 aromatic heterocycles. The number of carbonyl (C=O) groups excluding carboxylic acids is 1. The van der Waals surface area contributed by atoms with Crippen LogP contribution < -0.4 is 0 Å². The van der Waals surface area contributed by atoms with Gasteiger partial charge in [0.25, 0.3) is 0 Å². The van der Waals surface area contributed by atoms with Crippen LogP contribution in [-0.2, 0) is 23.9 Å². The van der Waals surface area contributed by atoms with Crippen molar-refractivity contribution in [3.05, 3.63) is 104 Å². The van der Waals surface area contributed by atoms with E-state index in [-0.39, 0.29) is 24.4 Å². The minimum atomic E-state index is -4.76. The lowest BCUT2D eigenvalue weighted by Gasteiger charge is -2.29. The minimum absolute atomic E-state index is 0.0395. The van der Waals surface area contributed by atoms with Crippen LogP contribution in [0, 0.1) is 5.82 Å². The Kier molecular flexibility index (Phi) is 10.0. The van der Waals surface area contributed by atoms with E-state index in [0.717, 1.165) is 37.0 Å². The van der Waals surface area contributed by atoms with Crippen molar-refractivity contribution in [1.82, 2.24) is 9.80 Å². The summed E-state index contributed by atoms with van der Waals surface area (Å²) in [4.78, 5) is 17.0. The Morgan fingerprint density at radius 1 is 0.925 bits per heavy atom. The molecule has 0 bridgehead atoms. The fourth-order valence-electron chi connectivity index (χ4n) is 5.21. The maximum Gasteiger partial charge on any atom is 0.419 e. The third-order valence-corrected chi connectivity index (χ3v) is 8.36. The molecule has 40 heavy (non-hydrogen) atoms. The summed E-state index contributed by atoms with van der Waals surface area (Å²) in [5.41, 5.74) is 1.19. The second-order valence-corrected chi connectivity index (χ2v) is 11.5. The van der Waals surface area contributed by atoms with Crippen LogP contribution in [0.4, 0.5) is 17.6 Å². The summed E-state index contributed by atoms with van der Waals surface area (Å²) in [7, 11) is 1.82. The molecule has 1 saturated heterocycles. The number of carbonyl (C=O) groups is 1. The van der Waals surface area contributed by atoms with E-state index in [9.17, 15) is 22.4 Å². The summed E-state index contributed by atoms with van der Waals surface area (Å²) in [5, 5.41) is 1.51. The van der Waals surface area contributed by atoms with E-state index < -0.39 is 17.6 Å². The highest BCUT2D eigenvalue weighted by molar-refractivity contribution is 6.42. The van der Waals surface area contributed by atoms with Gasteiger partial charge in [-0.2, -0.15) is 13.2 Å². The molecule has 214 valence electrons. The third kappa shape index (κ3) is 7.69. The van der Waals surface area contributed by atoms with Crippen LogP contribution in [0.15, 0.2) is 60.7 Å². The van der Waals surface area contributed by atoms with Gasteiger partial charge in [-0.05, 0) is 79.4 Å². The Morgan fingerprint density at radius 3 is 2.27 bits per heavy atom. The molecule has 3 nitrogen and oxygen atoms in total. The number of unbranched alkanes of at least 4 members (excludes halogenated alkanes) is 1. The van der Waals surface area contributed by atoms with Crippen molar-refractivity contribution < 1.29 is 22.4 Å². The zero-order valence-corrected chi connectivity index (χ0v) is 24.1. The molecule has 3 aromatic carbocycles. The van der Waals surface area contributed by atoms with Crippen molar-refractivity contribution >= 4 is 40.7 Å². The number of benzene rings is 3. The molecule has 2 atom stereocenters. The van der Waals surface area contributed by atoms with Gasteiger partial charge in [0, 0.05) is 43.0 Å². The van der Waals surface area contributed by atoms with Crippen LogP contribution in [0.5, 0.6) is 0 Å². The van der Waals surface area contributed by atoms with Crippen LogP contribution in [0.3, 0.4) is 0 Å². The van der Waals surface area contributed by atoms with Crippen molar-refractivity contribution in [1.29, 1.82) is 0 Å². The highest BCUT2D eigenvalue weighted by atomic mass is 35.5. The Labute approximate surface area is 246 Å². The molecule has 0 unspecified atom stereocenters. The Balaban J connectivity index is 1.44. The van der Waals surface area contributed by atoms with Gasteiger partial charge in [-0.3, -0.25) is 9.69 Å². The number of likely N-dealkylation sites (N-methyl/N-ethyl adjacent to an activating group) is 1. The van der Waals surface area contributed by atoms with Crippen molar-refractivity contribution in [3.63, 3.8) is 0 Å². The first-order valence-electron chi connectivity index (χ1n) is 13.0. The Hall–Kier alpha value is -2.32. The van der Waals surface area contributed by atoms with Crippen LogP contribution in [0.1, 0.15) is 47.4 Å². The monoisotopic (exact) mass is 614 g/mol. The molecule has 1 aliphatic rings. The molecular weight excluding hydrogens is 587 g/mol. The highest BCUT2D eigenvalue weighted by Gasteiger charge is 2.39. The number of hydrogen-bond acceptors (Lipinski definition) is 2. The number of alkyl halides is 3. The van der Waals surface area contributed by atoms with Gasteiger partial charge in [0.05, 0.1) is 15.6 Å². The molecule has 1 heterocycles. The number of nitrogens with zero attached hydrogens (tertiary/aromatic N) is 2. The SMILES string of the molecule is CN(Cc1ccc(C(F)(F)F)c(F)c1)[C@@H]1CN(C(=O)CCCCc2ccc(Cl)cc2)C[C@@H]1c1ccc(Cl)c(Cl)c1. The fraction of sp³-hybridized carbons (Fsp3) is 0.367. The lowest BCUT2D eigenvalue weighted by Crippen LogP contribution is -2.38. The summed E-state index contributed by atoms with van der Waals surface area (Å²) < 4.78 is 53.2. The standard InChI is InChI=1S/C30H29Cl3F4N2O/c1-38(16-20-8-12-24(27(34)14-20)30(35,36)37)28-18-39(17-23(28)21-9-13-25(32)26(33)15-21)29(40)5-3-2-4-19-6-10-22(31)11-7-19/h6-15,23,28H,2-5,16-18H2,1H3/t23-,28-/m1/s1. The number of hydrogen-bond donors (Lipinski definition) is 0. The normalized spacial score (nSPS) is 17.6. The van der Waals surface area contributed by atoms with E-state index in [0.29, 0.717) is 40.1 Å². The third-order valence-electron chi connectivity index (χ3n) is 7.37. The molecule has 10 heteroatoms. The lowest BCUT2D eigenvalue weighted by atomic mass is 9.93. The lowest BCUT2D eigenvalue weighted by molar-refractivity contribution is -0.140. The van der Waals surface area contributed by atoms with Crippen LogP contribution in [0.2, 0.25) is 15.1 Å². The molecular formula is C30H29Cl3F4N2O. The fourth-order valence-corrected chi connectivity index (χ4v) is 5.65. The van der Waals surface area contributed by atoms with Gasteiger partial charge >= 0.3 is 6.18 Å². The van der Waals surface area contributed by atoms with Gasteiger partial charge in [0.1, 0.15) is 5.82 Å². The number of rotatable bonds is 9. The van der Waals surface area contributed by atoms with Gasteiger partial charge in [-0.1, -0.05) is 59.1 Å². The van der Waals surface area contributed by atoms with E-state index >= 15 is 0 Å². The first-order chi connectivity index (χ1) is 18.9. The summed E-state index contributed by atoms with van der Waals surface area (Å²) in [5.74, 6) is -1.38. The molecule has 4 rings (SSSR count). The number of likely N-dealkylation sites (tertiary alicyclic amines) is 1. The number of halogens is 7. The van der Waals surface area contributed by atoms with Crippen LogP contribution in [0.25, 0.3) is 0 Å². The molecule has 0 aliphatic carbocycles. The van der Waals surface area contributed by atoms with E-state index in [1.54, 1.807) is 12.1 Å². The van der Waals surface area contributed by atoms with Gasteiger partial charge in [-0.25, -0.2) is 4.39 Å². The van der Waals surface area contributed by atoms with Gasteiger partial charge in [-0.15, -0.1) is 0 Å². The summed E-state index contributed by atoms with van der Waals surface area (Å²) in [6.45, 7) is 1.10. The maximum atomic E-state index is 14.2. The smallest absolute Gasteiger partial charge is 0.340 e. The second kappa shape index (κ2) is 13.1. The first-order valence-corrected chi connectivity index (χ1v) is 14.1. The summed E-state index contributed by atoms with van der Waals surface area (Å²) in [6, 6.07) is 15.8. The zero-order chi connectivity index (χ0) is 29.0. The summed E-state index contributed by atoms with van der Waals surface area (Å²) >= 11 is 18.4.